The lowest BCUT2D eigenvalue weighted by molar-refractivity contribution is -0.134. The maximum atomic E-state index is 12.2. The van der Waals surface area contributed by atoms with E-state index in [2.05, 4.69) is 25.7 Å². The summed E-state index contributed by atoms with van der Waals surface area (Å²) < 4.78 is 0. The first-order valence-corrected chi connectivity index (χ1v) is 6.74. The van der Waals surface area contributed by atoms with E-state index >= 15 is 0 Å². The molecule has 17 heavy (non-hydrogen) atoms. The van der Waals surface area contributed by atoms with E-state index in [0.717, 1.165) is 32.5 Å². The van der Waals surface area contributed by atoms with Crippen LogP contribution in [0.3, 0.4) is 0 Å². The molecule has 0 aromatic carbocycles. The van der Waals surface area contributed by atoms with Crippen LogP contribution in [0.2, 0.25) is 0 Å². The molecule has 1 aliphatic heterocycles. The van der Waals surface area contributed by atoms with Crippen LogP contribution in [-0.4, -0.2) is 54.0 Å². The molecule has 0 aliphatic carbocycles. The fraction of sp³-hybridized carbons (Fsp3) is 0.923. The number of piperidine rings is 1. The van der Waals surface area contributed by atoms with Gasteiger partial charge in [-0.2, -0.15) is 0 Å². The standard InChI is InChI=1S/C13H27N3O/c1-4-16(13(2,3)11-14)10-12(17)15-8-6-5-7-9-15/h4-11,14H2,1-3H3. The second-order valence-electron chi connectivity index (χ2n) is 5.47. The van der Waals surface area contributed by atoms with Crippen molar-refractivity contribution in [1.29, 1.82) is 0 Å². The average molecular weight is 241 g/mol. The topological polar surface area (TPSA) is 49.6 Å². The maximum absolute atomic E-state index is 12.2. The number of amides is 1. The van der Waals surface area contributed by atoms with Gasteiger partial charge in [0.1, 0.15) is 0 Å². The highest BCUT2D eigenvalue weighted by Crippen LogP contribution is 2.14. The molecule has 100 valence electrons. The van der Waals surface area contributed by atoms with E-state index in [-0.39, 0.29) is 11.4 Å². The van der Waals surface area contributed by atoms with Crippen molar-refractivity contribution in [1.82, 2.24) is 9.80 Å². The molecular weight excluding hydrogens is 214 g/mol. The van der Waals surface area contributed by atoms with E-state index in [1.54, 1.807) is 0 Å². The lowest BCUT2D eigenvalue weighted by atomic mass is 10.0. The molecule has 0 unspecified atom stereocenters. The predicted octanol–water partition coefficient (Wildman–Crippen LogP) is 1.06. The van der Waals surface area contributed by atoms with Gasteiger partial charge in [-0.05, 0) is 39.7 Å². The number of hydrogen-bond donors (Lipinski definition) is 1. The van der Waals surface area contributed by atoms with E-state index in [0.29, 0.717) is 13.1 Å². The number of nitrogens with two attached hydrogens (primary N) is 1. The van der Waals surface area contributed by atoms with E-state index in [9.17, 15) is 4.79 Å². The molecular formula is C13H27N3O. The van der Waals surface area contributed by atoms with Gasteiger partial charge in [-0.3, -0.25) is 9.69 Å². The largest absolute Gasteiger partial charge is 0.342 e. The minimum absolute atomic E-state index is 0.0970. The van der Waals surface area contributed by atoms with Gasteiger partial charge in [0.05, 0.1) is 6.54 Å². The van der Waals surface area contributed by atoms with Crippen molar-refractivity contribution in [3.8, 4) is 0 Å². The summed E-state index contributed by atoms with van der Waals surface area (Å²) >= 11 is 0. The second kappa shape index (κ2) is 6.36. The van der Waals surface area contributed by atoms with Crippen LogP contribution in [0.5, 0.6) is 0 Å². The summed E-state index contributed by atoms with van der Waals surface area (Å²) in [6, 6.07) is 0. The number of carbonyl (C=O) groups excluding carboxylic acids is 1. The molecule has 1 saturated heterocycles. The van der Waals surface area contributed by atoms with Crippen molar-refractivity contribution in [2.75, 3.05) is 32.7 Å². The Morgan fingerprint density at radius 2 is 1.88 bits per heavy atom. The van der Waals surface area contributed by atoms with Gasteiger partial charge in [-0.15, -0.1) is 0 Å². The molecule has 1 fully saturated rings. The molecule has 0 radical (unpaired) electrons. The summed E-state index contributed by atoms with van der Waals surface area (Å²) in [5.74, 6) is 0.257. The first-order chi connectivity index (χ1) is 8.01. The third-order valence-electron chi connectivity index (χ3n) is 3.77. The van der Waals surface area contributed by atoms with Crippen LogP contribution in [0.1, 0.15) is 40.0 Å². The lowest BCUT2D eigenvalue weighted by Gasteiger charge is -2.38. The van der Waals surface area contributed by atoms with Crippen LogP contribution in [0.15, 0.2) is 0 Å². The smallest absolute Gasteiger partial charge is 0.236 e. The third-order valence-corrected chi connectivity index (χ3v) is 3.77. The Morgan fingerprint density at radius 3 is 2.35 bits per heavy atom. The van der Waals surface area contributed by atoms with Crippen molar-refractivity contribution >= 4 is 5.91 Å². The summed E-state index contributed by atoms with van der Waals surface area (Å²) in [5, 5.41) is 0. The van der Waals surface area contributed by atoms with Crippen molar-refractivity contribution in [2.45, 2.75) is 45.6 Å². The number of hydrogen-bond acceptors (Lipinski definition) is 3. The number of likely N-dealkylation sites (tertiary alicyclic amines) is 1. The van der Waals surface area contributed by atoms with Gasteiger partial charge < -0.3 is 10.6 Å². The molecule has 4 heteroatoms. The van der Waals surface area contributed by atoms with Gasteiger partial charge in [-0.25, -0.2) is 0 Å². The van der Waals surface area contributed by atoms with Gasteiger partial charge >= 0.3 is 0 Å². The van der Waals surface area contributed by atoms with E-state index in [1.165, 1.54) is 6.42 Å². The first-order valence-electron chi connectivity index (χ1n) is 6.74. The van der Waals surface area contributed by atoms with Crippen LogP contribution in [-0.2, 0) is 4.79 Å². The SMILES string of the molecule is CCN(CC(=O)N1CCCCC1)C(C)(C)CN. The molecule has 1 rings (SSSR count). The van der Waals surface area contributed by atoms with Crippen LogP contribution in [0.4, 0.5) is 0 Å². The van der Waals surface area contributed by atoms with E-state index in [1.807, 2.05) is 4.90 Å². The monoisotopic (exact) mass is 241 g/mol. The Balaban J connectivity index is 2.52. The highest BCUT2D eigenvalue weighted by molar-refractivity contribution is 5.78. The normalized spacial score (nSPS) is 17.6. The van der Waals surface area contributed by atoms with E-state index in [4.69, 9.17) is 5.73 Å². The molecule has 0 aromatic heterocycles. The Labute approximate surface area is 105 Å². The molecule has 1 heterocycles. The maximum Gasteiger partial charge on any atom is 0.236 e. The number of carbonyl (C=O) groups is 1. The van der Waals surface area contributed by atoms with Gasteiger partial charge in [0.2, 0.25) is 5.91 Å². The van der Waals surface area contributed by atoms with Crippen LogP contribution in [0.25, 0.3) is 0 Å². The van der Waals surface area contributed by atoms with E-state index < -0.39 is 0 Å². The summed E-state index contributed by atoms with van der Waals surface area (Å²) in [4.78, 5) is 16.3. The fourth-order valence-electron chi connectivity index (χ4n) is 2.29. The van der Waals surface area contributed by atoms with Crippen molar-refractivity contribution in [3.63, 3.8) is 0 Å². The van der Waals surface area contributed by atoms with Crippen LogP contribution >= 0.6 is 0 Å². The Morgan fingerprint density at radius 1 is 1.29 bits per heavy atom. The zero-order chi connectivity index (χ0) is 12.9. The zero-order valence-electron chi connectivity index (χ0n) is 11.5. The summed E-state index contributed by atoms with van der Waals surface area (Å²) in [6.07, 6.45) is 3.56. The first kappa shape index (κ1) is 14.5. The molecule has 2 N–H and O–H groups in total. The molecule has 0 spiro atoms. The Bertz CT molecular complexity index is 247. The average Bonchev–Trinajstić information content (AvgIpc) is 2.36. The second-order valence-corrected chi connectivity index (χ2v) is 5.47. The third kappa shape index (κ3) is 3.96. The highest BCUT2D eigenvalue weighted by atomic mass is 16.2. The number of rotatable bonds is 5. The molecule has 0 saturated carbocycles. The lowest BCUT2D eigenvalue weighted by Crippen LogP contribution is -2.53. The number of likely N-dealkylation sites (N-methyl/N-ethyl adjacent to an activating group) is 1. The Hall–Kier alpha value is -0.610. The van der Waals surface area contributed by atoms with Gasteiger partial charge in [0, 0.05) is 25.2 Å². The zero-order valence-corrected chi connectivity index (χ0v) is 11.5. The molecule has 4 nitrogen and oxygen atoms in total. The van der Waals surface area contributed by atoms with Crippen molar-refractivity contribution < 1.29 is 4.79 Å². The minimum atomic E-state index is -0.0970. The summed E-state index contributed by atoms with van der Waals surface area (Å²) in [5.41, 5.74) is 5.67. The molecule has 1 aliphatic rings. The molecule has 0 atom stereocenters. The highest BCUT2D eigenvalue weighted by Gasteiger charge is 2.27. The molecule has 0 aromatic rings. The van der Waals surface area contributed by atoms with Gasteiger partial charge in [0.25, 0.3) is 0 Å². The summed E-state index contributed by atoms with van der Waals surface area (Å²) in [6.45, 7) is 10.1. The molecule has 1 amide bonds. The summed E-state index contributed by atoms with van der Waals surface area (Å²) in [7, 11) is 0. The van der Waals surface area contributed by atoms with Crippen molar-refractivity contribution in [3.05, 3.63) is 0 Å². The Kier molecular flexibility index (Phi) is 5.40. The minimum Gasteiger partial charge on any atom is -0.342 e. The fourth-order valence-corrected chi connectivity index (χ4v) is 2.29. The number of nitrogens with zero attached hydrogens (tertiary/aromatic N) is 2. The van der Waals surface area contributed by atoms with Gasteiger partial charge in [-0.1, -0.05) is 6.92 Å². The van der Waals surface area contributed by atoms with Crippen LogP contribution < -0.4 is 5.73 Å². The molecule has 0 bridgehead atoms. The van der Waals surface area contributed by atoms with Gasteiger partial charge in [0.15, 0.2) is 0 Å². The van der Waals surface area contributed by atoms with Crippen LogP contribution in [0, 0.1) is 0 Å². The quantitative estimate of drug-likeness (QED) is 0.783. The van der Waals surface area contributed by atoms with Crippen molar-refractivity contribution in [2.24, 2.45) is 5.73 Å². The predicted molar refractivity (Wildman–Crippen MR) is 70.8 cm³/mol.